The van der Waals surface area contributed by atoms with Gasteiger partial charge >= 0.3 is 23.9 Å². The summed E-state index contributed by atoms with van der Waals surface area (Å²) in [5.74, 6) is -1.55. The van der Waals surface area contributed by atoms with Crippen molar-refractivity contribution in [3.8, 4) is 0 Å². The molecule has 2 N–H and O–H groups in total. The molecule has 0 aromatic carbocycles. The Bertz CT molecular complexity index is 1280. The van der Waals surface area contributed by atoms with Crippen molar-refractivity contribution in [2.24, 2.45) is 50.2 Å². The molecule has 0 spiro atoms. The minimum Gasteiger partial charge on any atom is -0.481 e. The van der Waals surface area contributed by atoms with Gasteiger partial charge in [0.05, 0.1) is 32.3 Å². The van der Waals surface area contributed by atoms with E-state index in [0.29, 0.717) is 24.4 Å². The Hall–Kier alpha value is -2.38. The molecule has 8 heteroatoms. The number of carbonyl (C=O) groups excluding carboxylic acids is 2. The van der Waals surface area contributed by atoms with Gasteiger partial charge in [-0.1, -0.05) is 60.1 Å². The topological polar surface area (TPSA) is 127 Å². The van der Waals surface area contributed by atoms with Crippen LogP contribution in [-0.2, 0) is 28.7 Å². The van der Waals surface area contributed by atoms with Crippen molar-refractivity contribution in [2.45, 2.75) is 144 Å². The number of hydrogen-bond acceptors (Lipinski definition) is 6. The number of carbonyl (C=O) groups is 4. The van der Waals surface area contributed by atoms with Crippen LogP contribution < -0.4 is 0 Å². The van der Waals surface area contributed by atoms with Crippen LogP contribution in [0.3, 0.4) is 0 Å². The second kappa shape index (κ2) is 11.9. The number of carboxylic acid groups (broad SMARTS) is 2. The fourth-order valence-electron chi connectivity index (χ4n) is 11.7. The highest BCUT2D eigenvalue weighted by Crippen LogP contribution is 2.75. The van der Waals surface area contributed by atoms with Crippen LogP contribution >= 0.6 is 0 Å². The smallest absolute Gasteiger partial charge is 0.306 e. The predicted molar refractivity (Wildman–Crippen MR) is 174 cm³/mol. The van der Waals surface area contributed by atoms with E-state index >= 15 is 0 Å². The number of carboxylic acids is 2. The molecule has 258 valence electrons. The summed E-state index contributed by atoms with van der Waals surface area (Å²) in [6, 6.07) is 0. The van der Waals surface area contributed by atoms with Crippen LogP contribution in [0.4, 0.5) is 0 Å². The van der Waals surface area contributed by atoms with Crippen molar-refractivity contribution in [1.82, 2.24) is 0 Å². The summed E-state index contributed by atoms with van der Waals surface area (Å²) in [5, 5.41) is 18.1. The third kappa shape index (κ3) is 5.82. The van der Waals surface area contributed by atoms with Gasteiger partial charge in [-0.25, -0.2) is 0 Å². The number of esters is 2. The Kier molecular flexibility index (Phi) is 9.07. The third-order valence-electron chi connectivity index (χ3n) is 14.6. The van der Waals surface area contributed by atoms with Gasteiger partial charge in [-0.2, -0.15) is 0 Å². The lowest BCUT2D eigenvalue weighted by Gasteiger charge is -2.71. The number of allylic oxidation sites excluding steroid dienone is 2. The number of ether oxygens (including phenoxy) is 2. The van der Waals surface area contributed by atoms with E-state index in [-0.39, 0.29) is 64.3 Å². The van der Waals surface area contributed by atoms with Gasteiger partial charge in [-0.15, -0.1) is 0 Å². The summed E-state index contributed by atoms with van der Waals surface area (Å²) < 4.78 is 11.9. The van der Waals surface area contributed by atoms with Crippen molar-refractivity contribution in [3.05, 3.63) is 11.6 Å². The van der Waals surface area contributed by atoms with Crippen molar-refractivity contribution in [2.75, 3.05) is 6.61 Å². The van der Waals surface area contributed by atoms with Gasteiger partial charge < -0.3 is 19.7 Å². The number of hydrogen-bond donors (Lipinski definition) is 2. The van der Waals surface area contributed by atoms with Gasteiger partial charge in [0.25, 0.3) is 0 Å². The first-order valence-corrected chi connectivity index (χ1v) is 17.8. The summed E-state index contributed by atoms with van der Waals surface area (Å²) in [4.78, 5) is 47.3. The van der Waals surface area contributed by atoms with E-state index in [9.17, 15) is 19.2 Å². The molecular formula is C38H58O8. The first-order chi connectivity index (χ1) is 21.3. The van der Waals surface area contributed by atoms with Crippen molar-refractivity contribution < 1.29 is 38.9 Å². The molecule has 8 nitrogen and oxygen atoms in total. The largest absolute Gasteiger partial charge is 0.481 e. The number of fused-ring (bicyclic) bond motifs is 7. The molecule has 5 aliphatic rings. The standard InChI is InChI=1S/C38H58O8/c1-33(2)18-20-38(23-45-31(43)12-10-29(39)40)21-19-36(6)24(25(38)22-33)8-9-27-35(5)16-15-28(46-32(44)13-11-30(41)42)34(3,4)26(35)14-17-37(27,36)7/h8,25-28H,9-23H2,1-7H3,(H,39,40)(H,41,42)/t25?,26?,27?,28-,35-,36+,37+,38+/m0/s1. The van der Waals surface area contributed by atoms with E-state index in [2.05, 4.69) is 54.5 Å². The van der Waals surface area contributed by atoms with Gasteiger partial charge in [-0.05, 0) is 104 Å². The summed E-state index contributed by atoms with van der Waals surface area (Å²) in [6.07, 6.45) is 12.1. The van der Waals surface area contributed by atoms with Crippen molar-refractivity contribution >= 4 is 23.9 Å². The molecule has 0 saturated heterocycles. The maximum atomic E-state index is 12.6. The normalized spacial score (nSPS) is 40.5. The van der Waals surface area contributed by atoms with Crippen molar-refractivity contribution in [3.63, 3.8) is 0 Å². The quantitative estimate of drug-likeness (QED) is 0.191. The lowest BCUT2D eigenvalue weighted by molar-refractivity contribution is -0.214. The molecule has 0 amide bonds. The van der Waals surface area contributed by atoms with E-state index < -0.39 is 23.9 Å². The molecule has 3 unspecified atom stereocenters. The fraction of sp³-hybridized carbons (Fsp3) is 0.842. The minimum absolute atomic E-state index is 0.0308. The molecule has 5 rings (SSSR count). The predicted octanol–water partition coefficient (Wildman–Crippen LogP) is 7.97. The SMILES string of the molecule is CC1(C)CC[C@]2(COC(=O)CCC(=O)O)CC[C@]3(C)C(=CCC4[C@@]5(C)CC[C@H](OC(=O)CCC(=O)O)C(C)(C)C5CC[C@]43C)C2C1. The average Bonchev–Trinajstić information content (AvgIpc) is 2.96. The van der Waals surface area contributed by atoms with Gasteiger partial charge in [0.15, 0.2) is 0 Å². The zero-order valence-electron chi connectivity index (χ0n) is 29.3. The highest BCUT2D eigenvalue weighted by Gasteiger charge is 2.68. The van der Waals surface area contributed by atoms with Gasteiger partial charge in [0.2, 0.25) is 0 Å². The molecule has 0 bridgehead atoms. The Morgan fingerprint density at radius 1 is 0.761 bits per heavy atom. The van der Waals surface area contributed by atoms with Crippen LogP contribution in [0.25, 0.3) is 0 Å². The third-order valence-corrected chi connectivity index (χ3v) is 14.6. The lowest BCUT2D eigenvalue weighted by atomic mass is 9.33. The van der Waals surface area contributed by atoms with E-state index in [1.54, 1.807) is 5.57 Å². The van der Waals surface area contributed by atoms with Crippen LogP contribution in [0.1, 0.15) is 138 Å². The molecule has 8 atom stereocenters. The molecule has 5 aliphatic carbocycles. The maximum Gasteiger partial charge on any atom is 0.306 e. The first kappa shape index (κ1) is 34.9. The second-order valence-electron chi connectivity index (χ2n) is 17.9. The van der Waals surface area contributed by atoms with Crippen LogP contribution in [0, 0.1) is 50.2 Å². The minimum atomic E-state index is -0.981. The number of aliphatic carboxylic acids is 2. The zero-order valence-corrected chi connectivity index (χ0v) is 29.3. The summed E-state index contributed by atoms with van der Waals surface area (Å²) in [7, 11) is 0. The summed E-state index contributed by atoms with van der Waals surface area (Å²) in [6.45, 7) is 17.2. The van der Waals surface area contributed by atoms with Gasteiger partial charge in [0.1, 0.15) is 6.10 Å². The molecule has 0 aliphatic heterocycles. The summed E-state index contributed by atoms with van der Waals surface area (Å²) >= 11 is 0. The van der Waals surface area contributed by atoms with Gasteiger partial charge in [0, 0.05) is 10.8 Å². The molecule has 46 heavy (non-hydrogen) atoms. The Balaban J connectivity index is 1.41. The van der Waals surface area contributed by atoms with E-state index in [4.69, 9.17) is 19.7 Å². The highest BCUT2D eigenvalue weighted by molar-refractivity contribution is 5.77. The van der Waals surface area contributed by atoms with Crippen LogP contribution in [0.15, 0.2) is 11.6 Å². The molecule has 4 saturated carbocycles. The molecule has 0 heterocycles. The zero-order chi connectivity index (χ0) is 33.9. The van der Waals surface area contributed by atoms with Crippen LogP contribution in [0.5, 0.6) is 0 Å². The molecular weight excluding hydrogens is 584 g/mol. The summed E-state index contributed by atoms with van der Waals surface area (Å²) in [5.41, 5.74) is 1.69. The molecule has 0 aromatic rings. The molecule has 0 radical (unpaired) electrons. The Morgan fingerprint density at radius 2 is 1.39 bits per heavy atom. The maximum absolute atomic E-state index is 12.6. The van der Waals surface area contributed by atoms with E-state index in [0.717, 1.165) is 64.2 Å². The van der Waals surface area contributed by atoms with E-state index in [1.165, 1.54) is 0 Å². The average molecular weight is 643 g/mol. The Morgan fingerprint density at radius 3 is 2.04 bits per heavy atom. The number of rotatable bonds is 9. The first-order valence-electron chi connectivity index (χ1n) is 17.8. The van der Waals surface area contributed by atoms with Crippen molar-refractivity contribution in [1.29, 1.82) is 0 Å². The molecule has 4 fully saturated rings. The Labute approximate surface area is 275 Å². The monoisotopic (exact) mass is 642 g/mol. The van der Waals surface area contributed by atoms with Crippen LogP contribution in [-0.4, -0.2) is 46.8 Å². The van der Waals surface area contributed by atoms with Gasteiger partial charge in [-0.3, -0.25) is 19.2 Å². The highest BCUT2D eigenvalue weighted by atomic mass is 16.5. The van der Waals surface area contributed by atoms with Crippen LogP contribution in [0.2, 0.25) is 0 Å². The fourth-order valence-corrected chi connectivity index (χ4v) is 11.7. The second-order valence-corrected chi connectivity index (χ2v) is 17.9. The lowest BCUT2D eigenvalue weighted by Crippen LogP contribution is -2.65. The molecule has 0 aromatic heterocycles. The van der Waals surface area contributed by atoms with E-state index in [1.807, 2.05) is 0 Å².